The number of hydrogen-bond acceptors (Lipinski definition) is 3. The van der Waals surface area contributed by atoms with Gasteiger partial charge in [-0.15, -0.1) is 11.3 Å². The average molecular weight is 296 g/mol. The van der Waals surface area contributed by atoms with Crippen LogP contribution in [-0.4, -0.2) is 6.54 Å². The number of nitrogens with one attached hydrogen (secondary N) is 1. The van der Waals surface area contributed by atoms with Crippen molar-refractivity contribution in [3.8, 4) is 0 Å². The second-order valence-electron chi connectivity index (χ2n) is 5.64. The van der Waals surface area contributed by atoms with Crippen LogP contribution in [0.1, 0.15) is 42.9 Å². The first-order valence-electron chi connectivity index (χ1n) is 6.68. The Balaban J connectivity index is 1.77. The molecule has 1 fully saturated rings. The molecule has 1 aliphatic rings. The lowest BCUT2D eigenvalue weighted by atomic mass is 9.70. The normalized spacial score (nSPS) is 19.1. The molecule has 1 unspecified atom stereocenters. The highest BCUT2D eigenvalue weighted by Gasteiger charge is 2.32. The molecule has 2 aromatic rings. The fourth-order valence-electron chi connectivity index (χ4n) is 2.59. The fourth-order valence-corrected chi connectivity index (χ4v) is 3.73. The number of thiophene rings is 1. The fraction of sp³-hybridized carbons (Fsp3) is 0.467. The van der Waals surface area contributed by atoms with Crippen molar-refractivity contribution in [3.05, 3.63) is 45.5 Å². The van der Waals surface area contributed by atoms with Crippen molar-refractivity contribution in [1.29, 1.82) is 0 Å². The third kappa shape index (κ3) is 2.88. The topological polar surface area (TPSA) is 25.2 Å². The molecule has 0 radical (unpaired) electrons. The average Bonchev–Trinajstić information content (AvgIpc) is 2.99. The molecular formula is C15H18ClNOS. The number of rotatable bonds is 5. The smallest absolute Gasteiger partial charge is 0.126 e. The Hall–Kier alpha value is -0.770. The van der Waals surface area contributed by atoms with E-state index in [0.717, 1.165) is 16.6 Å². The van der Waals surface area contributed by atoms with Gasteiger partial charge in [0.25, 0.3) is 0 Å². The van der Waals surface area contributed by atoms with Crippen molar-refractivity contribution in [1.82, 2.24) is 5.32 Å². The molecular weight excluding hydrogens is 278 g/mol. The summed E-state index contributed by atoms with van der Waals surface area (Å²) in [7, 11) is 0. The largest absolute Gasteiger partial charge is 0.467 e. The van der Waals surface area contributed by atoms with E-state index in [-0.39, 0.29) is 6.04 Å². The molecule has 1 N–H and O–H groups in total. The maximum Gasteiger partial charge on any atom is 0.126 e. The van der Waals surface area contributed by atoms with Crippen LogP contribution in [-0.2, 0) is 0 Å². The van der Waals surface area contributed by atoms with Gasteiger partial charge in [-0.05, 0) is 42.5 Å². The van der Waals surface area contributed by atoms with E-state index in [1.54, 1.807) is 17.6 Å². The van der Waals surface area contributed by atoms with E-state index >= 15 is 0 Å². The van der Waals surface area contributed by atoms with Crippen LogP contribution < -0.4 is 5.32 Å². The van der Waals surface area contributed by atoms with Gasteiger partial charge in [0.2, 0.25) is 0 Å². The van der Waals surface area contributed by atoms with Crippen molar-refractivity contribution >= 4 is 22.9 Å². The molecule has 0 amide bonds. The Morgan fingerprint density at radius 1 is 1.42 bits per heavy atom. The van der Waals surface area contributed by atoms with E-state index in [1.165, 1.54) is 24.1 Å². The minimum atomic E-state index is 0.116. The highest BCUT2D eigenvalue weighted by atomic mass is 35.5. The molecule has 2 aromatic heterocycles. The number of hydrogen-bond donors (Lipinski definition) is 1. The lowest BCUT2D eigenvalue weighted by Gasteiger charge is -2.39. The number of furan rings is 1. The zero-order valence-corrected chi connectivity index (χ0v) is 12.6. The zero-order chi connectivity index (χ0) is 13.3. The standard InChI is InChI=1S/C15H18ClNOS/c1-15(7-3-8-15)10-17-14(11-4-2-9-18-11)12-5-6-13(16)19-12/h2,4-6,9,14,17H,3,7-8,10H2,1H3. The maximum atomic E-state index is 6.05. The second-order valence-corrected chi connectivity index (χ2v) is 7.38. The van der Waals surface area contributed by atoms with Crippen molar-refractivity contribution in [3.63, 3.8) is 0 Å². The third-order valence-corrected chi connectivity index (χ3v) is 5.30. The molecule has 3 rings (SSSR count). The summed E-state index contributed by atoms with van der Waals surface area (Å²) >= 11 is 7.67. The van der Waals surface area contributed by atoms with Crippen LogP contribution in [0.5, 0.6) is 0 Å². The van der Waals surface area contributed by atoms with Gasteiger partial charge in [-0.3, -0.25) is 0 Å². The minimum absolute atomic E-state index is 0.116. The van der Waals surface area contributed by atoms with E-state index in [0.29, 0.717) is 5.41 Å². The van der Waals surface area contributed by atoms with E-state index in [2.05, 4.69) is 18.3 Å². The van der Waals surface area contributed by atoms with Crippen molar-refractivity contribution in [2.45, 2.75) is 32.2 Å². The van der Waals surface area contributed by atoms with Gasteiger partial charge in [0.05, 0.1) is 10.6 Å². The predicted octanol–water partition coefficient (Wildman–Crippen LogP) is 4.86. The lowest BCUT2D eigenvalue weighted by molar-refractivity contribution is 0.152. The minimum Gasteiger partial charge on any atom is -0.467 e. The molecule has 2 nitrogen and oxygen atoms in total. The highest BCUT2D eigenvalue weighted by Crippen LogP contribution is 2.40. The molecule has 19 heavy (non-hydrogen) atoms. The summed E-state index contributed by atoms with van der Waals surface area (Å²) in [5.74, 6) is 0.960. The first-order valence-corrected chi connectivity index (χ1v) is 7.88. The van der Waals surface area contributed by atoms with Crippen LogP contribution in [0.25, 0.3) is 0 Å². The molecule has 0 aromatic carbocycles. The molecule has 0 saturated heterocycles. The summed E-state index contributed by atoms with van der Waals surface area (Å²) < 4.78 is 6.40. The van der Waals surface area contributed by atoms with E-state index in [9.17, 15) is 0 Å². The van der Waals surface area contributed by atoms with Crippen molar-refractivity contribution < 1.29 is 4.42 Å². The Kier molecular flexibility index (Phi) is 3.70. The van der Waals surface area contributed by atoms with Crippen LogP contribution in [0.15, 0.2) is 34.9 Å². The molecule has 1 saturated carbocycles. The van der Waals surface area contributed by atoms with Gasteiger partial charge in [0.1, 0.15) is 11.8 Å². The van der Waals surface area contributed by atoms with E-state index in [4.69, 9.17) is 16.0 Å². The predicted molar refractivity (Wildman–Crippen MR) is 79.8 cm³/mol. The first kappa shape index (κ1) is 13.2. The summed E-state index contributed by atoms with van der Waals surface area (Å²) in [5.41, 5.74) is 0.450. The molecule has 4 heteroatoms. The molecule has 1 aliphatic carbocycles. The summed E-state index contributed by atoms with van der Waals surface area (Å²) in [6.45, 7) is 3.37. The molecule has 0 aliphatic heterocycles. The molecule has 2 heterocycles. The summed E-state index contributed by atoms with van der Waals surface area (Å²) in [4.78, 5) is 1.21. The SMILES string of the molecule is CC1(CNC(c2ccco2)c2ccc(Cl)s2)CCC1. The van der Waals surface area contributed by atoms with Gasteiger partial charge in [0, 0.05) is 11.4 Å². The number of halogens is 1. The molecule has 102 valence electrons. The molecule has 0 bridgehead atoms. The van der Waals surface area contributed by atoms with Crippen LogP contribution in [0.4, 0.5) is 0 Å². The Morgan fingerprint density at radius 2 is 2.26 bits per heavy atom. The van der Waals surface area contributed by atoms with Gasteiger partial charge < -0.3 is 9.73 Å². The van der Waals surface area contributed by atoms with Crippen LogP contribution in [0, 0.1) is 5.41 Å². The van der Waals surface area contributed by atoms with Crippen LogP contribution >= 0.6 is 22.9 Å². The second kappa shape index (κ2) is 5.31. The van der Waals surface area contributed by atoms with Crippen molar-refractivity contribution in [2.24, 2.45) is 5.41 Å². The quantitative estimate of drug-likeness (QED) is 0.852. The third-order valence-electron chi connectivity index (χ3n) is 4.00. The van der Waals surface area contributed by atoms with Crippen LogP contribution in [0.2, 0.25) is 4.34 Å². The Labute approximate surface area is 122 Å². The van der Waals surface area contributed by atoms with Gasteiger partial charge in [0.15, 0.2) is 0 Å². The summed E-state index contributed by atoms with van der Waals surface area (Å²) in [6, 6.07) is 8.10. The van der Waals surface area contributed by atoms with Gasteiger partial charge in [-0.2, -0.15) is 0 Å². The van der Waals surface area contributed by atoms with E-state index in [1.807, 2.05) is 18.2 Å². The van der Waals surface area contributed by atoms with Gasteiger partial charge in [-0.25, -0.2) is 0 Å². The first-order chi connectivity index (χ1) is 9.16. The summed E-state index contributed by atoms with van der Waals surface area (Å²) in [5, 5.41) is 3.65. The highest BCUT2D eigenvalue weighted by molar-refractivity contribution is 7.16. The maximum absolute atomic E-state index is 6.05. The Morgan fingerprint density at radius 3 is 2.79 bits per heavy atom. The van der Waals surface area contributed by atoms with Gasteiger partial charge >= 0.3 is 0 Å². The monoisotopic (exact) mass is 295 g/mol. The van der Waals surface area contributed by atoms with Crippen LogP contribution in [0.3, 0.4) is 0 Å². The Bertz CT molecular complexity index is 530. The molecule has 1 atom stereocenters. The zero-order valence-electron chi connectivity index (χ0n) is 11.0. The van der Waals surface area contributed by atoms with E-state index < -0.39 is 0 Å². The van der Waals surface area contributed by atoms with Crippen molar-refractivity contribution in [2.75, 3.05) is 6.54 Å². The molecule has 0 spiro atoms. The van der Waals surface area contributed by atoms with Gasteiger partial charge in [-0.1, -0.05) is 24.9 Å². The summed E-state index contributed by atoms with van der Waals surface area (Å²) in [6.07, 6.45) is 5.71. The lowest BCUT2D eigenvalue weighted by Crippen LogP contribution is -2.38.